The van der Waals surface area contributed by atoms with E-state index < -0.39 is 6.10 Å². The van der Waals surface area contributed by atoms with Crippen LogP contribution in [0.3, 0.4) is 0 Å². The van der Waals surface area contributed by atoms with Gasteiger partial charge >= 0.3 is 0 Å². The fraction of sp³-hybridized carbons (Fsp3) is 0.250. The molecule has 0 aliphatic heterocycles. The van der Waals surface area contributed by atoms with Crippen molar-refractivity contribution >= 4 is 23.2 Å². The number of hydrogen-bond acceptors (Lipinski definition) is 2. The second kappa shape index (κ2) is 6.49. The summed E-state index contributed by atoms with van der Waals surface area (Å²) in [5.41, 5.74) is 2.69. The van der Waals surface area contributed by atoms with Crippen LogP contribution in [0.15, 0.2) is 36.4 Å². The number of ether oxygens (including phenoxy) is 1. The Kier molecular flexibility index (Phi) is 4.92. The highest BCUT2D eigenvalue weighted by molar-refractivity contribution is 6.42. The molecule has 106 valence electrons. The predicted octanol–water partition coefficient (Wildman–Crippen LogP) is 4.93. The highest BCUT2D eigenvalue weighted by Crippen LogP contribution is 2.28. The Hall–Kier alpha value is -1.22. The molecular formula is C16H16Cl2O2. The van der Waals surface area contributed by atoms with Gasteiger partial charge in [-0.2, -0.15) is 0 Å². The Labute approximate surface area is 128 Å². The van der Waals surface area contributed by atoms with E-state index in [1.54, 1.807) is 13.0 Å². The first-order chi connectivity index (χ1) is 9.49. The molecule has 0 amide bonds. The maximum Gasteiger partial charge on any atom is 0.122 e. The Morgan fingerprint density at radius 1 is 1.20 bits per heavy atom. The molecule has 2 aromatic carbocycles. The minimum Gasteiger partial charge on any atom is -0.489 e. The van der Waals surface area contributed by atoms with Gasteiger partial charge in [-0.15, -0.1) is 0 Å². The van der Waals surface area contributed by atoms with Crippen LogP contribution in [-0.4, -0.2) is 5.11 Å². The first kappa shape index (κ1) is 15.2. The monoisotopic (exact) mass is 310 g/mol. The van der Waals surface area contributed by atoms with E-state index in [1.807, 2.05) is 37.3 Å². The summed E-state index contributed by atoms with van der Waals surface area (Å²) in [4.78, 5) is 0. The standard InChI is InChI=1S/C16H16Cl2O2/c1-10-8-12(11(2)19)6-7-15(10)20-9-13-4-3-5-14(17)16(13)18/h3-8,11,19H,9H2,1-2H3/t11-/m0/s1. The van der Waals surface area contributed by atoms with Crippen LogP contribution in [0.2, 0.25) is 10.0 Å². The van der Waals surface area contributed by atoms with Gasteiger partial charge in [0.1, 0.15) is 12.4 Å². The van der Waals surface area contributed by atoms with E-state index in [4.69, 9.17) is 27.9 Å². The van der Waals surface area contributed by atoms with Crippen LogP contribution in [0.5, 0.6) is 5.75 Å². The Morgan fingerprint density at radius 2 is 1.95 bits per heavy atom. The summed E-state index contributed by atoms with van der Waals surface area (Å²) in [6.07, 6.45) is -0.481. The number of benzene rings is 2. The third-order valence-electron chi connectivity index (χ3n) is 3.10. The SMILES string of the molecule is Cc1cc([C@H](C)O)ccc1OCc1cccc(Cl)c1Cl. The average Bonchev–Trinajstić information content (AvgIpc) is 2.41. The van der Waals surface area contributed by atoms with Gasteiger partial charge in [-0.3, -0.25) is 0 Å². The summed E-state index contributed by atoms with van der Waals surface area (Å²) in [5.74, 6) is 0.769. The van der Waals surface area contributed by atoms with Crippen molar-refractivity contribution in [2.45, 2.75) is 26.6 Å². The van der Waals surface area contributed by atoms with Gasteiger partial charge in [0.25, 0.3) is 0 Å². The lowest BCUT2D eigenvalue weighted by Crippen LogP contribution is -1.99. The molecule has 0 radical (unpaired) electrons. The molecule has 2 aromatic rings. The van der Waals surface area contributed by atoms with Crippen molar-refractivity contribution in [2.75, 3.05) is 0 Å². The van der Waals surface area contributed by atoms with Crippen molar-refractivity contribution in [3.63, 3.8) is 0 Å². The molecule has 0 fully saturated rings. The fourth-order valence-corrected chi connectivity index (χ4v) is 2.28. The zero-order chi connectivity index (χ0) is 14.7. The Balaban J connectivity index is 2.13. The van der Waals surface area contributed by atoms with Crippen LogP contribution in [0.25, 0.3) is 0 Å². The first-order valence-corrected chi connectivity index (χ1v) is 7.09. The minimum atomic E-state index is -0.481. The van der Waals surface area contributed by atoms with Gasteiger partial charge in [0.15, 0.2) is 0 Å². The van der Waals surface area contributed by atoms with Crippen LogP contribution in [0.1, 0.15) is 29.7 Å². The zero-order valence-electron chi connectivity index (χ0n) is 11.4. The van der Waals surface area contributed by atoms with Gasteiger partial charge in [0.2, 0.25) is 0 Å². The molecule has 1 N–H and O–H groups in total. The third-order valence-corrected chi connectivity index (χ3v) is 3.95. The molecule has 4 heteroatoms. The second-order valence-electron chi connectivity index (χ2n) is 4.70. The van der Waals surface area contributed by atoms with E-state index in [0.29, 0.717) is 16.7 Å². The number of hydrogen-bond donors (Lipinski definition) is 1. The molecule has 0 saturated heterocycles. The topological polar surface area (TPSA) is 29.5 Å². The average molecular weight is 311 g/mol. The first-order valence-electron chi connectivity index (χ1n) is 6.33. The summed E-state index contributed by atoms with van der Waals surface area (Å²) in [5, 5.41) is 10.6. The molecule has 0 bridgehead atoms. The van der Waals surface area contributed by atoms with Crippen molar-refractivity contribution in [3.05, 3.63) is 63.1 Å². The van der Waals surface area contributed by atoms with Gasteiger partial charge in [0.05, 0.1) is 16.1 Å². The van der Waals surface area contributed by atoms with Gasteiger partial charge in [-0.05, 0) is 43.2 Å². The van der Waals surface area contributed by atoms with E-state index in [1.165, 1.54) is 0 Å². The molecule has 0 aliphatic rings. The molecule has 20 heavy (non-hydrogen) atoms. The summed E-state index contributed by atoms with van der Waals surface area (Å²) in [6.45, 7) is 4.04. The van der Waals surface area contributed by atoms with Gasteiger partial charge < -0.3 is 9.84 Å². The fourth-order valence-electron chi connectivity index (χ4n) is 1.91. The highest BCUT2D eigenvalue weighted by atomic mass is 35.5. The summed E-state index contributed by atoms with van der Waals surface area (Å²) in [7, 11) is 0. The van der Waals surface area contributed by atoms with Crippen LogP contribution in [-0.2, 0) is 6.61 Å². The molecule has 0 saturated carbocycles. The summed E-state index contributed by atoms with van der Waals surface area (Å²) < 4.78 is 5.77. The summed E-state index contributed by atoms with van der Waals surface area (Å²) >= 11 is 12.1. The van der Waals surface area contributed by atoms with Crippen molar-refractivity contribution in [3.8, 4) is 5.75 Å². The van der Waals surface area contributed by atoms with Crippen molar-refractivity contribution in [1.29, 1.82) is 0 Å². The van der Waals surface area contributed by atoms with E-state index >= 15 is 0 Å². The van der Waals surface area contributed by atoms with E-state index in [0.717, 1.165) is 22.4 Å². The van der Waals surface area contributed by atoms with Crippen molar-refractivity contribution < 1.29 is 9.84 Å². The normalized spacial score (nSPS) is 12.2. The number of aryl methyl sites for hydroxylation is 1. The number of aliphatic hydroxyl groups excluding tert-OH is 1. The largest absolute Gasteiger partial charge is 0.489 e. The molecule has 0 aromatic heterocycles. The van der Waals surface area contributed by atoms with Crippen molar-refractivity contribution in [2.24, 2.45) is 0 Å². The Morgan fingerprint density at radius 3 is 2.60 bits per heavy atom. The molecule has 2 nitrogen and oxygen atoms in total. The van der Waals surface area contributed by atoms with Crippen LogP contribution in [0.4, 0.5) is 0 Å². The van der Waals surface area contributed by atoms with E-state index in [9.17, 15) is 5.11 Å². The number of rotatable bonds is 4. The lowest BCUT2D eigenvalue weighted by Gasteiger charge is -2.13. The van der Waals surface area contributed by atoms with Crippen molar-refractivity contribution in [1.82, 2.24) is 0 Å². The maximum absolute atomic E-state index is 9.54. The van der Waals surface area contributed by atoms with Crippen LogP contribution < -0.4 is 4.74 Å². The molecule has 1 atom stereocenters. The van der Waals surface area contributed by atoms with Crippen LogP contribution >= 0.6 is 23.2 Å². The molecule has 2 rings (SSSR count). The molecule has 0 unspecified atom stereocenters. The highest BCUT2D eigenvalue weighted by Gasteiger charge is 2.08. The number of aliphatic hydroxyl groups is 1. The third kappa shape index (κ3) is 3.45. The molecule has 0 aliphatic carbocycles. The van der Waals surface area contributed by atoms with Gasteiger partial charge in [0, 0.05) is 5.56 Å². The number of halogens is 2. The molecule has 0 heterocycles. The molecule has 0 spiro atoms. The molecular weight excluding hydrogens is 295 g/mol. The zero-order valence-corrected chi connectivity index (χ0v) is 12.9. The van der Waals surface area contributed by atoms with E-state index in [-0.39, 0.29) is 0 Å². The van der Waals surface area contributed by atoms with Gasteiger partial charge in [-0.1, -0.05) is 41.4 Å². The second-order valence-corrected chi connectivity index (χ2v) is 5.49. The summed E-state index contributed by atoms with van der Waals surface area (Å²) in [6, 6.07) is 11.1. The van der Waals surface area contributed by atoms with Gasteiger partial charge in [-0.25, -0.2) is 0 Å². The van der Waals surface area contributed by atoms with E-state index in [2.05, 4.69) is 0 Å². The van der Waals surface area contributed by atoms with Crippen LogP contribution in [0, 0.1) is 6.92 Å². The Bertz CT molecular complexity index is 609. The maximum atomic E-state index is 9.54. The predicted molar refractivity (Wildman–Crippen MR) is 82.6 cm³/mol. The quantitative estimate of drug-likeness (QED) is 0.867. The lowest BCUT2D eigenvalue weighted by atomic mass is 10.1. The lowest BCUT2D eigenvalue weighted by molar-refractivity contribution is 0.199. The minimum absolute atomic E-state index is 0.355. The smallest absolute Gasteiger partial charge is 0.122 e.